The molecule has 0 atom stereocenters. The SMILES string of the molecule is CC(C)(COCC(O)COCC(C)(C)[N+](=O)[O-])[N+](=O)[O-]. The highest BCUT2D eigenvalue weighted by atomic mass is 16.6. The second-order valence-corrected chi connectivity index (χ2v) is 5.82. The highest BCUT2D eigenvalue weighted by Crippen LogP contribution is 2.09. The van der Waals surface area contributed by atoms with E-state index in [4.69, 9.17) is 9.47 Å². The maximum atomic E-state index is 10.6. The first-order chi connectivity index (χ1) is 8.99. The van der Waals surface area contributed by atoms with Gasteiger partial charge in [-0.25, -0.2) is 0 Å². The molecule has 9 nitrogen and oxygen atoms in total. The summed E-state index contributed by atoms with van der Waals surface area (Å²) in [5.41, 5.74) is -2.46. The van der Waals surface area contributed by atoms with Gasteiger partial charge in [0.05, 0.1) is 13.2 Å². The number of aliphatic hydroxyl groups is 1. The lowest BCUT2D eigenvalue weighted by molar-refractivity contribution is -0.565. The van der Waals surface area contributed by atoms with Gasteiger partial charge in [0.15, 0.2) is 0 Å². The van der Waals surface area contributed by atoms with Crippen LogP contribution in [0.4, 0.5) is 0 Å². The van der Waals surface area contributed by atoms with Crippen molar-refractivity contribution >= 4 is 0 Å². The Labute approximate surface area is 117 Å². The molecule has 0 fully saturated rings. The van der Waals surface area contributed by atoms with Crippen molar-refractivity contribution in [1.82, 2.24) is 0 Å². The largest absolute Gasteiger partial charge is 0.388 e. The smallest absolute Gasteiger partial charge is 0.239 e. The van der Waals surface area contributed by atoms with E-state index in [-0.39, 0.29) is 26.4 Å². The van der Waals surface area contributed by atoms with E-state index < -0.39 is 27.0 Å². The van der Waals surface area contributed by atoms with Crippen molar-refractivity contribution in [2.75, 3.05) is 26.4 Å². The molecular weight excluding hydrogens is 272 g/mol. The first kappa shape index (κ1) is 18.7. The molecule has 0 aromatic carbocycles. The zero-order valence-electron chi connectivity index (χ0n) is 12.2. The maximum absolute atomic E-state index is 10.6. The second kappa shape index (κ2) is 7.46. The molecule has 0 bridgehead atoms. The van der Waals surface area contributed by atoms with E-state index in [9.17, 15) is 25.3 Å². The summed E-state index contributed by atoms with van der Waals surface area (Å²) in [5.74, 6) is 0. The molecule has 118 valence electrons. The monoisotopic (exact) mass is 294 g/mol. The van der Waals surface area contributed by atoms with E-state index in [0.717, 1.165) is 0 Å². The van der Waals surface area contributed by atoms with Gasteiger partial charge in [-0.05, 0) is 0 Å². The molecule has 0 saturated carbocycles. The van der Waals surface area contributed by atoms with E-state index in [1.54, 1.807) is 0 Å². The molecule has 0 aromatic heterocycles. The summed E-state index contributed by atoms with van der Waals surface area (Å²) in [5, 5.41) is 30.8. The molecule has 1 N–H and O–H groups in total. The van der Waals surface area contributed by atoms with Gasteiger partial charge in [0.1, 0.15) is 19.3 Å². The van der Waals surface area contributed by atoms with Crippen molar-refractivity contribution in [3.05, 3.63) is 20.2 Å². The lowest BCUT2D eigenvalue weighted by Gasteiger charge is -2.19. The number of hydrogen-bond acceptors (Lipinski definition) is 7. The van der Waals surface area contributed by atoms with Crippen LogP contribution in [0.5, 0.6) is 0 Å². The molecule has 0 radical (unpaired) electrons. The van der Waals surface area contributed by atoms with Gasteiger partial charge in [0.2, 0.25) is 11.1 Å². The standard InChI is InChI=1S/C11H22N2O7/c1-10(2,12(15)16)7-19-5-9(14)6-20-8-11(3,4)13(17)18/h9,14H,5-8H2,1-4H3. The zero-order valence-corrected chi connectivity index (χ0v) is 12.2. The summed E-state index contributed by atoms with van der Waals surface area (Å²) in [7, 11) is 0. The van der Waals surface area contributed by atoms with Gasteiger partial charge in [0, 0.05) is 37.5 Å². The van der Waals surface area contributed by atoms with Crippen LogP contribution in [-0.2, 0) is 9.47 Å². The molecule has 9 heteroatoms. The number of nitrogens with zero attached hydrogens (tertiary/aromatic N) is 2. The molecule has 0 amide bonds. The topological polar surface area (TPSA) is 125 Å². The van der Waals surface area contributed by atoms with Crippen LogP contribution in [0.2, 0.25) is 0 Å². The Hall–Kier alpha value is -1.32. The van der Waals surface area contributed by atoms with Gasteiger partial charge in [-0.15, -0.1) is 0 Å². The molecular formula is C11H22N2O7. The fourth-order valence-electron chi connectivity index (χ4n) is 1.04. The summed E-state index contributed by atoms with van der Waals surface area (Å²) >= 11 is 0. The normalized spacial score (nSPS) is 12.7. The first-order valence-electron chi connectivity index (χ1n) is 6.11. The van der Waals surface area contributed by atoms with E-state index in [1.807, 2.05) is 0 Å². The molecule has 0 saturated heterocycles. The van der Waals surface area contributed by atoms with Gasteiger partial charge < -0.3 is 14.6 Å². The van der Waals surface area contributed by atoms with Gasteiger partial charge in [0.25, 0.3) is 0 Å². The molecule has 0 unspecified atom stereocenters. The molecule has 0 heterocycles. The van der Waals surface area contributed by atoms with Crippen molar-refractivity contribution in [1.29, 1.82) is 0 Å². The van der Waals surface area contributed by atoms with Crippen molar-refractivity contribution < 1.29 is 24.4 Å². The van der Waals surface area contributed by atoms with Crippen molar-refractivity contribution in [2.24, 2.45) is 0 Å². The highest BCUT2D eigenvalue weighted by Gasteiger charge is 2.32. The number of hydrogen-bond donors (Lipinski definition) is 1. The fraction of sp³-hybridized carbons (Fsp3) is 1.00. The Kier molecular flexibility index (Phi) is 6.97. The van der Waals surface area contributed by atoms with Crippen LogP contribution in [0.3, 0.4) is 0 Å². The Balaban J connectivity index is 3.89. The van der Waals surface area contributed by atoms with Crippen LogP contribution in [0.15, 0.2) is 0 Å². The molecule has 0 aliphatic heterocycles. The molecule has 0 aliphatic rings. The third-order valence-electron chi connectivity index (χ3n) is 2.52. The molecule has 0 spiro atoms. The zero-order chi connectivity index (χ0) is 16.0. The predicted octanol–water partition coefficient (Wildman–Crippen LogP) is 0.491. The highest BCUT2D eigenvalue weighted by molar-refractivity contribution is 4.67. The number of rotatable bonds is 10. The number of nitro groups is 2. The van der Waals surface area contributed by atoms with Crippen LogP contribution < -0.4 is 0 Å². The summed E-state index contributed by atoms with van der Waals surface area (Å²) in [6.07, 6.45) is -0.986. The Morgan fingerprint density at radius 3 is 1.50 bits per heavy atom. The molecule has 0 aromatic rings. The van der Waals surface area contributed by atoms with Crippen LogP contribution in [-0.4, -0.2) is 58.6 Å². The Bertz CT molecular complexity index is 312. The van der Waals surface area contributed by atoms with Crippen molar-refractivity contribution in [3.8, 4) is 0 Å². The predicted molar refractivity (Wildman–Crippen MR) is 69.8 cm³/mol. The first-order valence-corrected chi connectivity index (χ1v) is 6.11. The summed E-state index contributed by atoms with van der Waals surface area (Å²) in [6.45, 7) is 5.11. The number of aliphatic hydroxyl groups excluding tert-OH is 1. The second-order valence-electron chi connectivity index (χ2n) is 5.82. The summed E-state index contributed by atoms with van der Waals surface area (Å²) in [6, 6.07) is 0. The minimum atomic E-state index is -1.23. The minimum Gasteiger partial charge on any atom is -0.388 e. The quantitative estimate of drug-likeness (QED) is 0.459. The third-order valence-corrected chi connectivity index (χ3v) is 2.52. The van der Waals surface area contributed by atoms with Gasteiger partial charge >= 0.3 is 0 Å². The van der Waals surface area contributed by atoms with E-state index >= 15 is 0 Å². The van der Waals surface area contributed by atoms with Crippen LogP contribution in [0.25, 0.3) is 0 Å². The van der Waals surface area contributed by atoms with Gasteiger partial charge in [-0.3, -0.25) is 20.2 Å². The molecule has 0 rings (SSSR count). The summed E-state index contributed by atoms with van der Waals surface area (Å²) < 4.78 is 10.1. The lowest BCUT2D eigenvalue weighted by atomic mass is 10.1. The van der Waals surface area contributed by atoms with Crippen LogP contribution >= 0.6 is 0 Å². The Morgan fingerprint density at radius 2 is 1.25 bits per heavy atom. The van der Waals surface area contributed by atoms with Crippen LogP contribution in [0.1, 0.15) is 27.7 Å². The average Bonchev–Trinajstić information content (AvgIpc) is 2.27. The minimum absolute atomic E-state index is 0.129. The summed E-state index contributed by atoms with van der Waals surface area (Å²) in [4.78, 5) is 20.3. The van der Waals surface area contributed by atoms with Crippen LogP contribution in [0, 0.1) is 20.2 Å². The van der Waals surface area contributed by atoms with Gasteiger partial charge in [-0.2, -0.15) is 0 Å². The average molecular weight is 294 g/mol. The van der Waals surface area contributed by atoms with E-state index in [2.05, 4.69) is 0 Å². The Morgan fingerprint density at radius 1 is 0.950 bits per heavy atom. The van der Waals surface area contributed by atoms with Crippen molar-refractivity contribution in [2.45, 2.75) is 44.9 Å². The molecule has 20 heavy (non-hydrogen) atoms. The van der Waals surface area contributed by atoms with E-state index in [0.29, 0.717) is 0 Å². The lowest BCUT2D eigenvalue weighted by Crippen LogP contribution is -2.39. The van der Waals surface area contributed by atoms with Gasteiger partial charge in [-0.1, -0.05) is 0 Å². The van der Waals surface area contributed by atoms with Crippen molar-refractivity contribution in [3.63, 3.8) is 0 Å². The molecule has 0 aliphatic carbocycles. The fourth-order valence-corrected chi connectivity index (χ4v) is 1.04. The van der Waals surface area contributed by atoms with E-state index in [1.165, 1.54) is 27.7 Å². The number of ether oxygens (including phenoxy) is 2. The third kappa shape index (κ3) is 6.73. The maximum Gasteiger partial charge on any atom is 0.239 e.